The second kappa shape index (κ2) is 13.5. The van der Waals surface area contributed by atoms with Crippen LogP contribution in [0.1, 0.15) is 52.0 Å². The number of nitriles is 1. The van der Waals surface area contributed by atoms with Crippen molar-refractivity contribution in [2.75, 3.05) is 50.1 Å². The van der Waals surface area contributed by atoms with Crippen LogP contribution in [0.15, 0.2) is 18.2 Å². The van der Waals surface area contributed by atoms with E-state index < -0.39 is 58.6 Å². The highest BCUT2D eigenvalue weighted by molar-refractivity contribution is 7.23. The number of fused-ring (bicyclic) bond motifs is 3. The monoisotopic (exact) mass is 755 g/mol. The molecule has 17 heteroatoms. The second-order valence-corrected chi connectivity index (χ2v) is 15.8. The number of likely N-dealkylation sites (N-methyl/N-ethyl adjacent to an activating group) is 1. The van der Waals surface area contributed by atoms with Crippen LogP contribution < -0.4 is 15.0 Å². The summed E-state index contributed by atoms with van der Waals surface area (Å²) in [5.41, 5.74) is -2.78. The number of hydrogen-bond acceptors (Lipinski definition) is 10. The SMILES string of the molecule is CN(c1nc(OC[C@@]23CCCN2C[C@H](F)C3)nc2c(F)c(-c3ccc(F)c4sc(NC(=O)OC(C)(C)C)c(C#N)c34)c(F)cc12)[C@H]1CCN(C(=O)O)C1. The lowest BCUT2D eigenvalue weighted by Crippen LogP contribution is -2.43. The minimum atomic E-state index is -1.14. The molecule has 0 aliphatic carbocycles. The predicted octanol–water partition coefficient (Wildman–Crippen LogP) is 7.29. The number of benzene rings is 2. The quantitative estimate of drug-likeness (QED) is 0.185. The van der Waals surface area contributed by atoms with Crippen molar-refractivity contribution in [2.45, 2.75) is 69.8 Å². The van der Waals surface area contributed by atoms with E-state index in [-0.39, 0.29) is 81.6 Å². The van der Waals surface area contributed by atoms with Crippen LogP contribution in [-0.4, -0.2) is 100 Å². The molecule has 2 aromatic heterocycles. The van der Waals surface area contributed by atoms with Crippen LogP contribution in [0.5, 0.6) is 6.01 Å². The first kappa shape index (κ1) is 36.4. The Morgan fingerprint density at radius 1 is 1.19 bits per heavy atom. The highest BCUT2D eigenvalue weighted by atomic mass is 32.1. The molecule has 3 saturated heterocycles. The molecule has 2 amide bonds. The lowest BCUT2D eigenvalue weighted by atomic mass is 9.95. The lowest BCUT2D eigenvalue weighted by Gasteiger charge is -2.31. The van der Waals surface area contributed by atoms with Gasteiger partial charge in [-0.2, -0.15) is 15.2 Å². The zero-order valence-electron chi connectivity index (χ0n) is 29.4. The summed E-state index contributed by atoms with van der Waals surface area (Å²) in [6.45, 7) is 6.32. The number of halogens is 4. The van der Waals surface area contributed by atoms with E-state index in [0.717, 1.165) is 36.0 Å². The number of carboxylic acid groups (broad SMARTS) is 1. The van der Waals surface area contributed by atoms with E-state index in [0.29, 0.717) is 19.4 Å². The van der Waals surface area contributed by atoms with Crippen LogP contribution in [0.25, 0.3) is 32.1 Å². The maximum Gasteiger partial charge on any atom is 0.412 e. The van der Waals surface area contributed by atoms with Gasteiger partial charge < -0.3 is 24.4 Å². The normalized spacial score (nSPS) is 21.6. The van der Waals surface area contributed by atoms with Gasteiger partial charge in [-0.3, -0.25) is 10.2 Å². The van der Waals surface area contributed by atoms with E-state index in [1.165, 1.54) is 4.90 Å². The number of aromatic nitrogens is 2. The minimum absolute atomic E-state index is 0.0282. The van der Waals surface area contributed by atoms with Gasteiger partial charge in [-0.1, -0.05) is 6.07 Å². The summed E-state index contributed by atoms with van der Waals surface area (Å²) in [6, 6.07) is 4.52. The Balaban J connectivity index is 1.36. The molecule has 280 valence electrons. The zero-order valence-corrected chi connectivity index (χ0v) is 30.3. The van der Waals surface area contributed by atoms with Gasteiger partial charge in [0.2, 0.25) is 0 Å². The molecule has 3 atom stereocenters. The number of nitrogens with one attached hydrogen (secondary N) is 1. The third-order valence-corrected chi connectivity index (χ3v) is 11.3. The van der Waals surface area contributed by atoms with Gasteiger partial charge in [-0.25, -0.2) is 27.2 Å². The molecule has 5 heterocycles. The van der Waals surface area contributed by atoms with Gasteiger partial charge in [0.05, 0.1) is 21.4 Å². The van der Waals surface area contributed by atoms with E-state index in [2.05, 4.69) is 15.3 Å². The Bertz CT molecular complexity index is 2190. The standard InChI is InChI=1S/C36H37F4N7O5S/c1-35(2,3)52-33(48)44-31-22(14-41)25-20(6-7-23(38)29(25)53-31)26-24(39)12-21-28(27(26)40)42-32(51-17-36-9-5-10-47(36)15-18(37)13-36)43-30(21)45(4)19-8-11-46(16-19)34(49)50/h6-7,12,18-19H,5,8-11,13,15-17H2,1-4H3,(H,44,48)(H,49,50)/t18-,19+,36+/m1/s1. The third-order valence-electron chi connectivity index (χ3n) is 10.2. The molecule has 0 radical (unpaired) electrons. The fourth-order valence-electron chi connectivity index (χ4n) is 7.76. The molecule has 12 nitrogen and oxygen atoms in total. The highest BCUT2D eigenvalue weighted by Crippen LogP contribution is 2.46. The average molecular weight is 756 g/mol. The van der Waals surface area contributed by atoms with Crippen molar-refractivity contribution in [3.05, 3.63) is 41.2 Å². The van der Waals surface area contributed by atoms with Crippen molar-refractivity contribution >= 4 is 55.3 Å². The van der Waals surface area contributed by atoms with Crippen molar-refractivity contribution in [1.82, 2.24) is 19.8 Å². The summed E-state index contributed by atoms with van der Waals surface area (Å²) < 4.78 is 74.6. The first-order valence-electron chi connectivity index (χ1n) is 17.2. The van der Waals surface area contributed by atoms with Crippen LogP contribution in [0.4, 0.5) is 38.0 Å². The van der Waals surface area contributed by atoms with E-state index in [1.807, 2.05) is 11.0 Å². The summed E-state index contributed by atoms with van der Waals surface area (Å²) >= 11 is 0.721. The molecular weight excluding hydrogens is 718 g/mol. The van der Waals surface area contributed by atoms with Gasteiger partial charge in [0.1, 0.15) is 52.4 Å². The number of hydrogen-bond donors (Lipinski definition) is 2. The van der Waals surface area contributed by atoms with Crippen LogP contribution in [0.2, 0.25) is 0 Å². The Kier molecular flexibility index (Phi) is 9.26. The molecule has 0 bridgehead atoms. The van der Waals surface area contributed by atoms with Crippen molar-refractivity contribution < 1.29 is 41.7 Å². The summed E-state index contributed by atoms with van der Waals surface area (Å²) in [5, 5.41) is 22.0. The largest absolute Gasteiger partial charge is 0.465 e. The van der Waals surface area contributed by atoms with E-state index in [4.69, 9.17) is 9.47 Å². The van der Waals surface area contributed by atoms with Gasteiger partial charge >= 0.3 is 18.2 Å². The smallest absolute Gasteiger partial charge is 0.412 e. The number of ether oxygens (including phenoxy) is 2. The Labute approximate surface area is 305 Å². The number of amides is 2. The first-order valence-corrected chi connectivity index (χ1v) is 18.0. The Morgan fingerprint density at radius 2 is 1.96 bits per heavy atom. The van der Waals surface area contributed by atoms with E-state index in [9.17, 15) is 24.3 Å². The average Bonchev–Trinajstić information content (AvgIpc) is 3.86. The summed E-state index contributed by atoms with van der Waals surface area (Å²) in [6.07, 6.45) is -0.789. The summed E-state index contributed by atoms with van der Waals surface area (Å²) in [4.78, 5) is 38.2. The van der Waals surface area contributed by atoms with Crippen LogP contribution in [-0.2, 0) is 4.74 Å². The number of thiophene rings is 1. The first-order chi connectivity index (χ1) is 25.1. The molecule has 3 aliphatic heterocycles. The van der Waals surface area contributed by atoms with Crippen molar-refractivity contribution in [2.24, 2.45) is 0 Å². The van der Waals surface area contributed by atoms with Crippen molar-refractivity contribution in [3.63, 3.8) is 0 Å². The van der Waals surface area contributed by atoms with Crippen molar-refractivity contribution in [1.29, 1.82) is 5.26 Å². The highest BCUT2D eigenvalue weighted by Gasteiger charge is 2.49. The fourth-order valence-corrected chi connectivity index (χ4v) is 8.83. The number of carbonyl (C=O) groups is 2. The molecule has 3 aliphatic rings. The molecule has 2 aromatic carbocycles. The number of rotatable bonds is 7. The molecule has 3 fully saturated rings. The Morgan fingerprint density at radius 3 is 2.66 bits per heavy atom. The number of nitrogens with zero attached hydrogens (tertiary/aromatic N) is 6. The number of alkyl halides is 1. The molecule has 0 saturated carbocycles. The van der Waals surface area contributed by atoms with Gasteiger partial charge in [-0.05, 0) is 64.3 Å². The minimum Gasteiger partial charge on any atom is -0.465 e. The maximum absolute atomic E-state index is 17.0. The fraction of sp³-hybridized carbons (Fsp3) is 0.472. The molecule has 2 N–H and O–H groups in total. The maximum atomic E-state index is 17.0. The van der Waals surface area contributed by atoms with Crippen LogP contribution in [0, 0.1) is 28.8 Å². The molecule has 4 aromatic rings. The third kappa shape index (κ3) is 6.63. The lowest BCUT2D eigenvalue weighted by molar-refractivity contribution is 0.0636. The van der Waals surface area contributed by atoms with Gasteiger partial charge in [-0.15, -0.1) is 11.3 Å². The zero-order chi connectivity index (χ0) is 38.0. The van der Waals surface area contributed by atoms with Gasteiger partial charge in [0.15, 0.2) is 5.82 Å². The molecule has 7 rings (SSSR count). The summed E-state index contributed by atoms with van der Waals surface area (Å²) in [7, 11) is 1.64. The molecule has 53 heavy (non-hydrogen) atoms. The van der Waals surface area contributed by atoms with Crippen LogP contribution in [0.3, 0.4) is 0 Å². The van der Waals surface area contributed by atoms with Crippen LogP contribution >= 0.6 is 11.3 Å². The predicted molar refractivity (Wildman–Crippen MR) is 190 cm³/mol. The Hall–Kier alpha value is -4.95. The van der Waals surface area contributed by atoms with E-state index >= 15 is 13.2 Å². The molecule has 0 unspecified atom stereocenters. The number of anilines is 2. The number of likely N-dealkylation sites (tertiary alicyclic amines) is 1. The second-order valence-electron chi connectivity index (χ2n) is 14.8. The van der Waals surface area contributed by atoms with Gasteiger partial charge in [0.25, 0.3) is 0 Å². The number of carbonyl (C=O) groups excluding carboxylic acids is 1. The topological polar surface area (TPSA) is 144 Å². The van der Waals surface area contributed by atoms with Crippen molar-refractivity contribution in [3.8, 4) is 23.2 Å². The van der Waals surface area contributed by atoms with Gasteiger partial charge in [0, 0.05) is 49.9 Å². The molecule has 0 spiro atoms. The van der Waals surface area contributed by atoms with E-state index in [1.54, 1.807) is 32.7 Å². The molecular formula is C36H37F4N7O5S. The summed E-state index contributed by atoms with van der Waals surface area (Å²) in [5.74, 6) is -2.90.